The van der Waals surface area contributed by atoms with E-state index in [1.54, 1.807) is 12.1 Å². The number of amides is 1. The quantitative estimate of drug-likeness (QED) is 0.376. The number of carbonyl (C=O) groups is 1. The van der Waals surface area contributed by atoms with Gasteiger partial charge in [0.25, 0.3) is 5.91 Å². The Morgan fingerprint density at radius 2 is 2.00 bits per heavy atom. The zero-order valence-electron chi connectivity index (χ0n) is 17.9. The first-order chi connectivity index (χ1) is 15.1. The molecule has 0 bridgehead atoms. The molecule has 0 fully saturated rings. The molecule has 2 aromatic heterocycles. The van der Waals surface area contributed by atoms with Crippen LogP contribution in [-0.2, 0) is 6.54 Å². The second kappa shape index (κ2) is 9.51. The molecule has 2 aromatic carbocycles. The van der Waals surface area contributed by atoms with E-state index >= 15 is 0 Å². The van der Waals surface area contributed by atoms with Crippen molar-refractivity contribution in [1.29, 1.82) is 0 Å². The van der Waals surface area contributed by atoms with Crippen LogP contribution in [0.15, 0.2) is 71.3 Å². The van der Waals surface area contributed by atoms with Crippen LogP contribution in [0.4, 0.5) is 0 Å². The number of nitrogens with one attached hydrogen (secondary N) is 1. The molecule has 4 rings (SSSR count). The summed E-state index contributed by atoms with van der Waals surface area (Å²) in [6.45, 7) is 5.47. The number of hydrogen-bond donors (Lipinski definition) is 1. The predicted octanol–water partition coefficient (Wildman–Crippen LogP) is 5.29. The highest BCUT2D eigenvalue weighted by Gasteiger charge is 2.19. The maximum atomic E-state index is 12.4. The highest BCUT2D eigenvalue weighted by atomic mass is 16.5. The van der Waals surface area contributed by atoms with E-state index < -0.39 is 0 Å². The number of nitrogens with zero attached hydrogens (tertiary/aromatic N) is 2. The summed E-state index contributed by atoms with van der Waals surface area (Å²) in [5.74, 6) is 1.79. The number of aryl methyl sites for hydroxylation is 2. The highest BCUT2D eigenvalue weighted by molar-refractivity contribution is 5.91. The van der Waals surface area contributed by atoms with Crippen LogP contribution in [0.25, 0.3) is 11.0 Å². The third-order valence-corrected chi connectivity index (χ3v) is 5.20. The summed E-state index contributed by atoms with van der Waals surface area (Å²) in [5, 5.41) is 2.99. The molecule has 0 saturated heterocycles. The van der Waals surface area contributed by atoms with Crippen molar-refractivity contribution in [2.75, 3.05) is 6.61 Å². The van der Waals surface area contributed by atoms with Crippen LogP contribution in [0.5, 0.6) is 5.75 Å². The van der Waals surface area contributed by atoms with Crippen molar-refractivity contribution in [2.45, 2.75) is 39.3 Å². The first-order valence-electron chi connectivity index (χ1n) is 10.6. The van der Waals surface area contributed by atoms with Gasteiger partial charge < -0.3 is 19.0 Å². The van der Waals surface area contributed by atoms with Crippen LogP contribution in [0, 0.1) is 6.92 Å². The Hall–Kier alpha value is -3.54. The molecule has 0 aliphatic heterocycles. The molecule has 1 N–H and O–H groups in total. The lowest BCUT2D eigenvalue weighted by Crippen LogP contribution is -2.28. The normalized spacial score (nSPS) is 12.1. The number of imidazole rings is 1. The zero-order chi connectivity index (χ0) is 21.6. The highest BCUT2D eigenvalue weighted by Crippen LogP contribution is 2.22. The second-order valence-electron chi connectivity index (χ2n) is 7.65. The summed E-state index contributed by atoms with van der Waals surface area (Å²) in [5.41, 5.74) is 3.18. The number of furan rings is 1. The van der Waals surface area contributed by atoms with Crippen LogP contribution in [0.3, 0.4) is 0 Å². The summed E-state index contributed by atoms with van der Waals surface area (Å²) in [6.07, 6.45) is 3.36. The summed E-state index contributed by atoms with van der Waals surface area (Å²) in [4.78, 5) is 17.2. The number of hydrogen-bond acceptors (Lipinski definition) is 4. The smallest absolute Gasteiger partial charge is 0.287 e. The van der Waals surface area contributed by atoms with Gasteiger partial charge in [0.05, 0.1) is 29.9 Å². The Kier molecular flexibility index (Phi) is 6.36. The van der Waals surface area contributed by atoms with Crippen LogP contribution in [-0.4, -0.2) is 22.1 Å². The van der Waals surface area contributed by atoms with E-state index in [1.165, 1.54) is 11.8 Å². The fraction of sp³-hybridized carbons (Fsp3) is 0.280. The van der Waals surface area contributed by atoms with Gasteiger partial charge in [-0.25, -0.2) is 4.98 Å². The Morgan fingerprint density at radius 1 is 1.13 bits per heavy atom. The van der Waals surface area contributed by atoms with Gasteiger partial charge in [-0.05, 0) is 68.7 Å². The van der Waals surface area contributed by atoms with E-state index in [4.69, 9.17) is 14.1 Å². The minimum Gasteiger partial charge on any atom is -0.494 e. The minimum atomic E-state index is -0.256. The fourth-order valence-corrected chi connectivity index (χ4v) is 3.67. The number of aromatic nitrogens is 2. The fourth-order valence-electron chi connectivity index (χ4n) is 3.67. The van der Waals surface area contributed by atoms with Gasteiger partial charge in [-0.3, -0.25) is 4.79 Å². The van der Waals surface area contributed by atoms with Gasteiger partial charge in [0.2, 0.25) is 0 Å². The molecule has 0 radical (unpaired) electrons. The van der Waals surface area contributed by atoms with Gasteiger partial charge in [0.15, 0.2) is 5.76 Å². The van der Waals surface area contributed by atoms with Gasteiger partial charge in [0, 0.05) is 6.54 Å². The van der Waals surface area contributed by atoms with Gasteiger partial charge in [-0.1, -0.05) is 24.3 Å². The lowest BCUT2D eigenvalue weighted by atomic mass is 10.2. The standard InChI is InChI=1S/C25H27N3O3/c1-18-9-7-10-20(17-18)30-15-6-5-14-28-22-12-4-3-11-21(22)27-24(28)19(2)26-25(29)23-13-8-16-31-23/h3-4,7-13,16-17,19H,5-6,14-15H2,1-2H3,(H,26,29)/t19-/m1/s1. The van der Waals surface area contributed by atoms with E-state index in [0.717, 1.165) is 42.0 Å². The number of rotatable bonds is 9. The van der Waals surface area contributed by atoms with E-state index in [9.17, 15) is 4.79 Å². The number of ether oxygens (including phenoxy) is 1. The molecular weight excluding hydrogens is 390 g/mol. The molecule has 0 aliphatic rings. The zero-order valence-corrected chi connectivity index (χ0v) is 17.9. The number of fused-ring (bicyclic) bond motifs is 1. The molecule has 0 spiro atoms. The van der Waals surface area contributed by atoms with Crippen molar-refractivity contribution in [2.24, 2.45) is 0 Å². The van der Waals surface area contributed by atoms with Crippen LogP contribution in [0.1, 0.15) is 47.7 Å². The van der Waals surface area contributed by atoms with E-state index in [0.29, 0.717) is 12.4 Å². The van der Waals surface area contributed by atoms with Gasteiger partial charge in [-0.2, -0.15) is 0 Å². The number of benzene rings is 2. The predicted molar refractivity (Wildman–Crippen MR) is 120 cm³/mol. The molecule has 0 saturated carbocycles. The van der Waals surface area contributed by atoms with Gasteiger partial charge >= 0.3 is 0 Å². The largest absolute Gasteiger partial charge is 0.494 e. The molecule has 2 heterocycles. The van der Waals surface area contributed by atoms with Gasteiger partial charge in [-0.15, -0.1) is 0 Å². The monoisotopic (exact) mass is 417 g/mol. The summed E-state index contributed by atoms with van der Waals surface area (Å²) in [7, 11) is 0. The third kappa shape index (κ3) is 4.97. The summed E-state index contributed by atoms with van der Waals surface area (Å²) in [6, 6.07) is 19.2. The van der Waals surface area contributed by atoms with Crippen molar-refractivity contribution >= 4 is 16.9 Å². The second-order valence-corrected chi connectivity index (χ2v) is 7.65. The molecule has 6 heteroatoms. The van der Waals surface area contributed by atoms with E-state index in [1.807, 2.05) is 43.3 Å². The Balaban J connectivity index is 1.41. The average Bonchev–Trinajstić information content (AvgIpc) is 3.42. The molecule has 4 aromatic rings. The Labute approximate surface area is 181 Å². The number of para-hydroxylation sites is 2. The topological polar surface area (TPSA) is 69.3 Å². The van der Waals surface area contributed by atoms with Crippen molar-refractivity contribution in [3.8, 4) is 5.75 Å². The SMILES string of the molecule is Cc1cccc(OCCCCn2c([C@@H](C)NC(=O)c3ccco3)nc3ccccc32)c1. The third-order valence-electron chi connectivity index (χ3n) is 5.20. The summed E-state index contributed by atoms with van der Waals surface area (Å²) >= 11 is 0. The molecule has 1 atom stereocenters. The van der Waals surface area contributed by atoms with Crippen molar-refractivity contribution in [1.82, 2.24) is 14.9 Å². The number of carbonyl (C=O) groups excluding carboxylic acids is 1. The van der Waals surface area contributed by atoms with Crippen LogP contribution < -0.4 is 10.1 Å². The Bertz CT molecular complexity index is 1150. The number of unbranched alkanes of at least 4 members (excludes halogenated alkanes) is 1. The average molecular weight is 418 g/mol. The Morgan fingerprint density at radius 3 is 2.81 bits per heavy atom. The molecule has 160 valence electrons. The molecule has 1 amide bonds. The molecular formula is C25H27N3O3. The lowest BCUT2D eigenvalue weighted by molar-refractivity contribution is 0.0909. The maximum Gasteiger partial charge on any atom is 0.287 e. The van der Waals surface area contributed by atoms with Crippen molar-refractivity contribution < 1.29 is 13.9 Å². The summed E-state index contributed by atoms with van der Waals surface area (Å²) < 4.78 is 13.3. The van der Waals surface area contributed by atoms with E-state index in [-0.39, 0.29) is 11.9 Å². The first-order valence-corrected chi connectivity index (χ1v) is 10.6. The van der Waals surface area contributed by atoms with Gasteiger partial charge in [0.1, 0.15) is 11.6 Å². The van der Waals surface area contributed by atoms with E-state index in [2.05, 4.69) is 28.9 Å². The van der Waals surface area contributed by atoms with Crippen LogP contribution >= 0.6 is 0 Å². The lowest BCUT2D eigenvalue weighted by Gasteiger charge is -2.16. The van der Waals surface area contributed by atoms with Crippen molar-refractivity contribution in [3.05, 3.63) is 84.1 Å². The molecule has 0 aliphatic carbocycles. The van der Waals surface area contributed by atoms with Crippen LogP contribution in [0.2, 0.25) is 0 Å². The minimum absolute atomic E-state index is 0.248. The first kappa shape index (κ1) is 20.7. The molecule has 31 heavy (non-hydrogen) atoms. The van der Waals surface area contributed by atoms with Crippen molar-refractivity contribution in [3.63, 3.8) is 0 Å². The molecule has 6 nitrogen and oxygen atoms in total. The maximum absolute atomic E-state index is 12.4. The molecule has 0 unspecified atom stereocenters.